The summed E-state index contributed by atoms with van der Waals surface area (Å²) < 4.78 is 0. The molecule has 18 heavy (non-hydrogen) atoms. The van der Waals surface area contributed by atoms with Gasteiger partial charge in [-0.1, -0.05) is 6.92 Å². The lowest BCUT2D eigenvalue weighted by Gasteiger charge is -2.37. The number of aliphatic carboxylic acids is 1. The van der Waals surface area contributed by atoms with Gasteiger partial charge in [-0.15, -0.1) is 0 Å². The molecule has 0 aromatic carbocycles. The number of carbonyl (C=O) groups is 2. The minimum Gasteiger partial charge on any atom is -0.481 e. The lowest BCUT2D eigenvalue weighted by molar-refractivity contribution is -0.140. The van der Waals surface area contributed by atoms with E-state index in [1.54, 1.807) is 11.8 Å². The zero-order valence-corrected chi connectivity index (χ0v) is 10.8. The molecule has 0 aliphatic carbocycles. The first kappa shape index (κ1) is 13.1. The van der Waals surface area contributed by atoms with Crippen LogP contribution in [-0.4, -0.2) is 65.7 Å². The van der Waals surface area contributed by atoms with Crippen molar-refractivity contribution in [2.75, 3.05) is 32.7 Å². The first-order valence-corrected chi connectivity index (χ1v) is 6.57. The molecule has 2 saturated heterocycles. The highest BCUT2D eigenvalue weighted by Crippen LogP contribution is 2.21. The summed E-state index contributed by atoms with van der Waals surface area (Å²) >= 11 is 0. The van der Waals surface area contributed by atoms with Gasteiger partial charge in [-0.2, -0.15) is 0 Å². The van der Waals surface area contributed by atoms with Gasteiger partial charge < -0.3 is 15.3 Å². The Morgan fingerprint density at radius 2 is 2.17 bits per heavy atom. The third-order valence-corrected chi connectivity index (χ3v) is 3.86. The number of nitrogens with one attached hydrogen (secondary N) is 1. The number of nitrogens with zero attached hydrogens (tertiary/aromatic N) is 2. The van der Waals surface area contributed by atoms with Crippen molar-refractivity contribution in [2.24, 2.45) is 5.92 Å². The SMILES string of the molecule is CC(CNC(=O)N1CCN2CCCC2C1)C(=O)O. The Morgan fingerprint density at radius 3 is 2.89 bits per heavy atom. The van der Waals surface area contributed by atoms with Crippen molar-refractivity contribution in [3.05, 3.63) is 0 Å². The van der Waals surface area contributed by atoms with Crippen LogP contribution < -0.4 is 5.32 Å². The number of carboxylic acids is 1. The van der Waals surface area contributed by atoms with Crippen LogP contribution in [-0.2, 0) is 4.79 Å². The molecule has 0 aromatic rings. The van der Waals surface area contributed by atoms with E-state index in [4.69, 9.17) is 5.11 Å². The van der Waals surface area contributed by atoms with E-state index in [9.17, 15) is 9.59 Å². The van der Waals surface area contributed by atoms with Crippen LogP contribution in [0.2, 0.25) is 0 Å². The average Bonchev–Trinajstić information content (AvgIpc) is 2.82. The van der Waals surface area contributed by atoms with Gasteiger partial charge in [0.2, 0.25) is 0 Å². The molecule has 2 aliphatic rings. The van der Waals surface area contributed by atoms with Crippen molar-refractivity contribution in [3.63, 3.8) is 0 Å². The highest BCUT2D eigenvalue weighted by atomic mass is 16.4. The Bertz CT molecular complexity index is 335. The van der Waals surface area contributed by atoms with Crippen LogP contribution in [0.5, 0.6) is 0 Å². The standard InChI is InChI=1S/C12H21N3O3/c1-9(11(16)17)7-13-12(18)15-6-5-14-4-2-3-10(14)8-15/h9-10H,2-8H2,1H3,(H,13,18)(H,16,17). The van der Waals surface area contributed by atoms with Gasteiger partial charge in [0.1, 0.15) is 0 Å². The van der Waals surface area contributed by atoms with Gasteiger partial charge in [-0.25, -0.2) is 4.79 Å². The third-order valence-electron chi connectivity index (χ3n) is 3.86. The molecule has 2 aliphatic heterocycles. The van der Waals surface area contributed by atoms with Crippen molar-refractivity contribution in [1.82, 2.24) is 15.1 Å². The Hall–Kier alpha value is -1.30. The maximum absolute atomic E-state index is 11.9. The molecule has 0 bridgehead atoms. The van der Waals surface area contributed by atoms with E-state index in [1.807, 2.05) is 0 Å². The van der Waals surface area contributed by atoms with Crippen molar-refractivity contribution in [1.29, 1.82) is 0 Å². The smallest absolute Gasteiger partial charge is 0.317 e. The van der Waals surface area contributed by atoms with E-state index in [0.717, 1.165) is 32.6 Å². The molecule has 6 nitrogen and oxygen atoms in total. The van der Waals surface area contributed by atoms with Crippen LogP contribution in [0.3, 0.4) is 0 Å². The van der Waals surface area contributed by atoms with Crippen LogP contribution >= 0.6 is 0 Å². The molecular weight excluding hydrogens is 234 g/mol. The van der Waals surface area contributed by atoms with Crippen molar-refractivity contribution >= 4 is 12.0 Å². The number of rotatable bonds is 3. The molecule has 0 saturated carbocycles. The van der Waals surface area contributed by atoms with E-state index >= 15 is 0 Å². The van der Waals surface area contributed by atoms with Gasteiger partial charge >= 0.3 is 12.0 Å². The van der Waals surface area contributed by atoms with E-state index in [-0.39, 0.29) is 12.6 Å². The van der Waals surface area contributed by atoms with Crippen molar-refractivity contribution < 1.29 is 14.7 Å². The minimum absolute atomic E-state index is 0.130. The van der Waals surface area contributed by atoms with Gasteiger partial charge in [0.25, 0.3) is 0 Å². The molecule has 2 unspecified atom stereocenters. The number of hydrogen-bond donors (Lipinski definition) is 2. The fourth-order valence-corrected chi connectivity index (χ4v) is 2.62. The zero-order chi connectivity index (χ0) is 13.1. The van der Waals surface area contributed by atoms with E-state index < -0.39 is 11.9 Å². The Morgan fingerprint density at radius 1 is 1.39 bits per heavy atom. The summed E-state index contributed by atoms with van der Waals surface area (Å²) in [7, 11) is 0. The van der Waals surface area contributed by atoms with E-state index in [0.29, 0.717) is 6.04 Å². The number of fused-ring (bicyclic) bond motifs is 1. The van der Waals surface area contributed by atoms with Crippen LogP contribution in [0.25, 0.3) is 0 Å². The summed E-state index contributed by atoms with van der Waals surface area (Å²) in [5, 5.41) is 11.5. The minimum atomic E-state index is -0.879. The first-order chi connectivity index (χ1) is 8.58. The van der Waals surface area contributed by atoms with Gasteiger partial charge in [0, 0.05) is 32.2 Å². The summed E-state index contributed by atoms with van der Waals surface area (Å²) in [5.41, 5.74) is 0. The maximum atomic E-state index is 11.9. The third kappa shape index (κ3) is 2.93. The monoisotopic (exact) mass is 255 g/mol. The van der Waals surface area contributed by atoms with E-state index in [1.165, 1.54) is 6.42 Å². The lowest BCUT2D eigenvalue weighted by Crippen LogP contribution is -2.55. The predicted octanol–water partition coefficient (Wildman–Crippen LogP) is 0.197. The molecule has 2 amide bonds. The Balaban J connectivity index is 1.77. The number of hydrogen-bond acceptors (Lipinski definition) is 3. The van der Waals surface area contributed by atoms with Crippen LogP contribution in [0, 0.1) is 5.92 Å². The summed E-state index contributed by atoms with van der Waals surface area (Å²) in [6, 6.07) is 0.371. The Labute approximate surface area is 107 Å². The molecule has 102 valence electrons. The Kier molecular flexibility index (Phi) is 4.06. The topological polar surface area (TPSA) is 72.9 Å². The number of piperazine rings is 1. The van der Waals surface area contributed by atoms with E-state index in [2.05, 4.69) is 10.2 Å². The number of urea groups is 1. The van der Waals surface area contributed by atoms with Gasteiger partial charge in [0.15, 0.2) is 0 Å². The summed E-state index contributed by atoms with van der Waals surface area (Å²) in [4.78, 5) is 26.8. The van der Waals surface area contributed by atoms with Crippen molar-refractivity contribution in [2.45, 2.75) is 25.8 Å². The second kappa shape index (κ2) is 5.56. The zero-order valence-electron chi connectivity index (χ0n) is 10.8. The molecule has 0 radical (unpaired) electrons. The van der Waals surface area contributed by atoms with Gasteiger partial charge in [0.05, 0.1) is 5.92 Å². The van der Waals surface area contributed by atoms with Crippen LogP contribution in [0.1, 0.15) is 19.8 Å². The largest absolute Gasteiger partial charge is 0.481 e. The molecule has 6 heteroatoms. The normalized spacial score (nSPS) is 25.6. The molecule has 2 atom stereocenters. The number of amides is 2. The predicted molar refractivity (Wildman–Crippen MR) is 66.4 cm³/mol. The second-order valence-electron chi connectivity index (χ2n) is 5.20. The average molecular weight is 255 g/mol. The number of carboxylic acid groups (broad SMARTS) is 1. The fourth-order valence-electron chi connectivity index (χ4n) is 2.62. The van der Waals surface area contributed by atoms with Crippen LogP contribution in [0.15, 0.2) is 0 Å². The molecule has 2 heterocycles. The second-order valence-corrected chi connectivity index (χ2v) is 5.20. The van der Waals surface area contributed by atoms with Gasteiger partial charge in [-0.3, -0.25) is 9.69 Å². The fraction of sp³-hybridized carbons (Fsp3) is 0.833. The van der Waals surface area contributed by atoms with Crippen LogP contribution in [0.4, 0.5) is 4.79 Å². The molecule has 0 spiro atoms. The summed E-state index contributed by atoms with van der Waals surface area (Å²) in [6.07, 6.45) is 2.38. The summed E-state index contributed by atoms with van der Waals surface area (Å²) in [5.74, 6) is -1.42. The molecule has 0 aromatic heterocycles. The molecular formula is C12H21N3O3. The summed E-state index contributed by atoms with van der Waals surface area (Å²) in [6.45, 7) is 5.39. The first-order valence-electron chi connectivity index (χ1n) is 6.57. The number of carbonyl (C=O) groups excluding carboxylic acids is 1. The molecule has 2 rings (SSSR count). The van der Waals surface area contributed by atoms with Gasteiger partial charge in [-0.05, 0) is 19.4 Å². The van der Waals surface area contributed by atoms with Crippen molar-refractivity contribution in [3.8, 4) is 0 Å². The quantitative estimate of drug-likeness (QED) is 0.755. The molecule has 2 N–H and O–H groups in total. The highest BCUT2D eigenvalue weighted by molar-refractivity contribution is 5.76. The molecule has 2 fully saturated rings. The lowest BCUT2D eigenvalue weighted by atomic mass is 10.1. The maximum Gasteiger partial charge on any atom is 0.317 e. The highest BCUT2D eigenvalue weighted by Gasteiger charge is 2.32.